The molecule has 0 fully saturated rings. The zero-order valence-corrected chi connectivity index (χ0v) is 14.9. The molecule has 1 aromatic heterocycles. The second kappa shape index (κ2) is 6.59. The number of benzene rings is 2. The van der Waals surface area contributed by atoms with Crippen LogP contribution in [-0.2, 0) is 11.3 Å². The summed E-state index contributed by atoms with van der Waals surface area (Å²) in [4.78, 5) is 26.7. The number of para-hydroxylation sites is 2. The van der Waals surface area contributed by atoms with E-state index < -0.39 is 11.8 Å². The molecule has 25 heavy (non-hydrogen) atoms. The summed E-state index contributed by atoms with van der Waals surface area (Å²) in [5, 5.41) is 0. The van der Waals surface area contributed by atoms with Crippen molar-refractivity contribution in [3.8, 4) is 0 Å². The Bertz CT molecular complexity index is 984. The van der Waals surface area contributed by atoms with Crippen molar-refractivity contribution in [3.05, 3.63) is 69.7 Å². The lowest BCUT2D eigenvalue weighted by atomic mass is 10.1. The number of hydrogen-bond donors (Lipinski definition) is 0. The van der Waals surface area contributed by atoms with Gasteiger partial charge in [0.05, 0.1) is 5.52 Å². The molecule has 5 nitrogen and oxygen atoms in total. The van der Waals surface area contributed by atoms with E-state index >= 15 is 0 Å². The van der Waals surface area contributed by atoms with Crippen LogP contribution >= 0.6 is 0 Å². The van der Waals surface area contributed by atoms with Gasteiger partial charge in [0.1, 0.15) is 6.04 Å². The quantitative estimate of drug-likeness (QED) is 0.732. The van der Waals surface area contributed by atoms with Crippen LogP contribution in [0, 0.1) is 13.8 Å². The monoisotopic (exact) mass is 338 g/mol. The van der Waals surface area contributed by atoms with Crippen LogP contribution in [0.1, 0.15) is 29.7 Å². The van der Waals surface area contributed by atoms with Crippen LogP contribution in [-0.4, -0.2) is 22.4 Å². The standard InChI is InChI=1S/C20H22N2O3/c1-13-9-10-16(14(2)11-13)12-21(4)19(23)15(3)22-17-7-5-6-8-18(17)25-20(22)24/h5-11,15H,12H2,1-4H3/t15-/m1/s1. The highest BCUT2D eigenvalue weighted by molar-refractivity contribution is 5.82. The van der Waals surface area contributed by atoms with Crippen molar-refractivity contribution in [2.45, 2.75) is 33.4 Å². The second-order valence-corrected chi connectivity index (χ2v) is 6.51. The normalized spacial score (nSPS) is 12.3. The number of fused-ring (bicyclic) bond motifs is 1. The van der Waals surface area contributed by atoms with Gasteiger partial charge in [-0.05, 0) is 44.0 Å². The van der Waals surface area contributed by atoms with Gasteiger partial charge in [-0.3, -0.25) is 9.36 Å². The third-order valence-electron chi connectivity index (χ3n) is 4.55. The minimum Gasteiger partial charge on any atom is -0.408 e. The molecule has 0 saturated heterocycles. The molecule has 2 aromatic carbocycles. The largest absolute Gasteiger partial charge is 0.420 e. The molecule has 0 radical (unpaired) electrons. The van der Waals surface area contributed by atoms with Gasteiger partial charge in [-0.15, -0.1) is 0 Å². The van der Waals surface area contributed by atoms with E-state index in [1.807, 2.05) is 32.0 Å². The summed E-state index contributed by atoms with van der Waals surface area (Å²) in [5.74, 6) is -0.643. The predicted molar refractivity (Wildman–Crippen MR) is 97.6 cm³/mol. The van der Waals surface area contributed by atoms with Crippen LogP contribution in [0.25, 0.3) is 11.1 Å². The van der Waals surface area contributed by atoms with Gasteiger partial charge in [0.15, 0.2) is 5.58 Å². The number of hydrogen-bond acceptors (Lipinski definition) is 3. The highest BCUT2D eigenvalue weighted by Gasteiger charge is 2.24. The molecule has 0 aliphatic carbocycles. The van der Waals surface area contributed by atoms with E-state index in [1.54, 1.807) is 37.1 Å². The van der Waals surface area contributed by atoms with Gasteiger partial charge in [0, 0.05) is 13.6 Å². The first kappa shape index (κ1) is 17.0. The number of aromatic nitrogens is 1. The topological polar surface area (TPSA) is 55.5 Å². The second-order valence-electron chi connectivity index (χ2n) is 6.51. The summed E-state index contributed by atoms with van der Waals surface area (Å²) in [6.07, 6.45) is 0. The van der Waals surface area contributed by atoms with Gasteiger partial charge in [-0.2, -0.15) is 0 Å². The Hall–Kier alpha value is -2.82. The summed E-state index contributed by atoms with van der Waals surface area (Å²) < 4.78 is 6.65. The van der Waals surface area contributed by atoms with E-state index in [0.717, 1.165) is 11.1 Å². The maximum Gasteiger partial charge on any atom is 0.420 e. The van der Waals surface area contributed by atoms with Gasteiger partial charge in [0.25, 0.3) is 0 Å². The van der Waals surface area contributed by atoms with Crippen LogP contribution in [0.15, 0.2) is 51.7 Å². The fourth-order valence-corrected chi connectivity index (χ4v) is 3.14. The molecule has 0 aliphatic rings. The number of amides is 1. The molecule has 130 valence electrons. The molecule has 1 amide bonds. The maximum atomic E-state index is 12.8. The van der Waals surface area contributed by atoms with Crippen molar-refractivity contribution in [1.82, 2.24) is 9.47 Å². The third-order valence-corrected chi connectivity index (χ3v) is 4.55. The number of aryl methyl sites for hydroxylation is 2. The van der Waals surface area contributed by atoms with E-state index in [1.165, 1.54) is 10.1 Å². The van der Waals surface area contributed by atoms with Crippen molar-refractivity contribution in [2.75, 3.05) is 7.05 Å². The van der Waals surface area contributed by atoms with Crippen LogP contribution in [0.2, 0.25) is 0 Å². The number of nitrogens with zero attached hydrogens (tertiary/aromatic N) is 2. The minimum absolute atomic E-state index is 0.131. The Kier molecular flexibility index (Phi) is 4.49. The lowest BCUT2D eigenvalue weighted by Crippen LogP contribution is -2.35. The van der Waals surface area contributed by atoms with Crippen LogP contribution < -0.4 is 5.76 Å². The Labute approximate surface area is 146 Å². The molecule has 0 spiro atoms. The molecule has 5 heteroatoms. The summed E-state index contributed by atoms with van der Waals surface area (Å²) in [5.41, 5.74) is 4.56. The molecule has 3 rings (SSSR count). The van der Waals surface area contributed by atoms with E-state index in [4.69, 9.17) is 4.42 Å². The highest BCUT2D eigenvalue weighted by Crippen LogP contribution is 2.19. The number of carbonyl (C=O) groups excluding carboxylic acids is 1. The Morgan fingerprint density at radius 3 is 2.64 bits per heavy atom. The molecule has 0 aliphatic heterocycles. The van der Waals surface area contributed by atoms with Gasteiger partial charge in [-0.25, -0.2) is 4.79 Å². The Balaban J connectivity index is 1.86. The lowest BCUT2D eigenvalue weighted by molar-refractivity contribution is -0.133. The zero-order chi connectivity index (χ0) is 18.1. The van der Waals surface area contributed by atoms with Crippen molar-refractivity contribution < 1.29 is 9.21 Å². The van der Waals surface area contributed by atoms with Crippen molar-refractivity contribution in [3.63, 3.8) is 0 Å². The fourth-order valence-electron chi connectivity index (χ4n) is 3.14. The molecule has 0 bridgehead atoms. The van der Waals surface area contributed by atoms with Crippen LogP contribution in [0.3, 0.4) is 0 Å². The first-order chi connectivity index (χ1) is 11.9. The summed E-state index contributed by atoms with van der Waals surface area (Å²) in [6, 6.07) is 12.7. The van der Waals surface area contributed by atoms with Crippen LogP contribution in [0.4, 0.5) is 0 Å². The first-order valence-electron chi connectivity index (χ1n) is 8.29. The summed E-state index contributed by atoms with van der Waals surface area (Å²) in [7, 11) is 1.76. The highest BCUT2D eigenvalue weighted by atomic mass is 16.4. The molecular formula is C20H22N2O3. The SMILES string of the molecule is Cc1ccc(CN(C)C(=O)[C@@H](C)n2c(=O)oc3ccccc32)c(C)c1. The Morgan fingerprint density at radius 1 is 1.20 bits per heavy atom. The van der Waals surface area contributed by atoms with E-state index in [2.05, 4.69) is 6.07 Å². The average Bonchev–Trinajstić information content (AvgIpc) is 2.91. The minimum atomic E-state index is -0.632. The molecule has 3 aromatic rings. The summed E-state index contributed by atoms with van der Waals surface area (Å²) >= 11 is 0. The molecule has 1 heterocycles. The molecule has 0 unspecified atom stereocenters. The smallest absolute Gasteiger partial charge is 0.408 e. The third kappa shape index (κ3) is 3.22. The van der Waals surface area contributed by atoms with E-state index in [-0.39, 0.29) is 5.91 Å². The van der Waals surface area contributed by atoms with Crippen molar-refractivity contribution in [2.24, 2.45) is 0 Å². The number of likely N-dealkylation sites (N-methyl/N-ethyl adjacent to an activating group) is 1. The fraction of sp³-hybridized carbons (Fsp3) is 0.300. The van der Waals surface area contributed by atoms with Crippen LogP contribution in [0.5, 0.6) is 0 Å². The first-order valence-corrected chi connectivity index (χ1v) is 8.29. The van der Waals surface area contributed by atoms with Gasteiger partial charge < -0.3 is 9.32 Å². The van der Waals surface area contributed by atoms with Crippen molar-refractivity contribution in [1.29, 1.82) is 0 Å². The van der Waals surface area contributed by atoms with Gasteiger partial charge in [-0.1, -0.05) is 35.9 Å². The molecule has 0 N–H and O–H groups in total. The van der Waals surface area contributed by atoms with E-state index in [0.29, 0.717) is 17.6 Å². The molecule has 0 saturated carbocycles. The number of carbonyl (C=O) groups is 1. The molecular weight excluding hydrogens is 316 g/mol. The average molecular weight is 338 g/mol. The summed E-state index contributed by atoms with van der Waals surface area (Å²) in [6.45, 7) is 6.31. The van der Waals surface area contributed by atoms with Crippen molar-refractivity contribution >= 4 is 17.0 Å². The van der Waals surface area contributed by atoms with Gasteiger partial charge in [0.2, 0.25) is 5.91 Å². The molecule has 1 atom stereocenters. The number of oxazole rings is 1. The predicted octanol–water partition coefficient (Wildman–Crippen LogP) is 3.43. The van der Waals surface area contributed by atoms with Gasteiger partial charge >= 0.3 is 5.76 Å². The Morgan fingerprint density at radius 2 is 1.92 bits per heavy atom. The lowest BCUT2D eigenvalue weighted by Gasteiger charge is -2.23. The number of rotatable bonds is 4. The zero-order valence-electron chi connectivity index (χ0n) is 14.9. The van der Waals surface area contributed by atoms with E-state index in [9.17, 15) is 9.59 Å². The maximum absolute atomic E-state index is 12.8.